The van der Waals surface area contributed by atoms with Crippen LogP contribution in [-0.4, -0.2) is 20.3 Å². The maximum absolute atomic E-state index is 5.22. The van der Waals surface area contributed by atoms with Gasteiger partial charge in [-0.1, -0.05) is 145 Å². The number of aromatic nitrogens is 1. The molecule has 0 radical (unpaired) electrons. The number of hydrogen-bond donors (Lipinski definition) is 0. The monoisotopic (exact) mass is 712 g/mol. The molecule has 3 heteroatoms. The van der Waals surface area contributed by atoms with Gasteiger partial charge in [0.25, 0.3) is 0 Å². The van der Waals surface area contributed by atoms with Gasteiger partial charge in [-0.15, -0.1) is 0 Å². The molecule has 0 spiro atoms. The van der Waals surface area contributed by atoms with Gasteiger partial charge in [-0.25, -0.2) is 0 Å². The topological polar surface area (TPSA) is 25.2 Å². The lowest BCUT2D eigenvalue weighted by Crippen LogP contribution is -2.36. The number of benzene rings is 7. The van der Waals surface area contributed by atoms with Gasteiger partial charge in [-0.2, -0.15) is 0 Å². The molecule has 0 unspecified atom stereocenters. The van der Waals surface area contributed by atoms with E-state index >= 15 is 0 Å². The van der Waals surface area contributed by atoms with E-state index in [2.05, 4.69) is 185 Å². The number of aliphatic imine (C=N–C) groups is 1. The SMILES string of the molecule is CC1(C)N=C(c2cncc(-c3cc4c(c5ccccc35)-c3ccc(-c5ccc6ccccc6c5)cc3C4(c3ccccc3)c3ccccc3)c2)SC1(C)C. The van der Waals surface area contributed by atoms with Crippen molar-refractivity contribution in [1.82, 2.24) is 4.98 Å². The number of fused-ring (bicyclic) bond motifs is 6. The second-order valence-electron chi connectivity index (χ2n) is 15.7. The van der Waals surface area contributed by atoms with Gasteiger partial charge in [0.05, 0.1) is 11.0 Å². The van der Waals surface area contributed by atoms with Crippen LogP contribution in [-0.2, 0) is 5.41 Å². The Morgan fingerprint density at radius 1 is 0.463 bits per heavy atom. The van der Waals surface area contributed by atoms with Crippen molar-refractivity contribution in [2.45, 2.75) is 43.4 Å². The summed E-state index contributed by atoms with van der Waals surface area (Å²) in [6.07, 6.45) is 4.01. The Morgan fingerprint density at radius 3 is 1.78 bits per heavy atom. The molecule has 0 fully saturated rings. The summed E-state index contributed by atoms with van der Waals surface area (Å²) in [5.74, 6) is 0. The van der Waals surface area contributed by atoms with Crippen LogP contribution in [0, 0.1) is 0 Å². The first-order chi connectivity index (χ1) is 26.2. The Bertz CT molecular complexity index is 2760. The fourth-order valence-electron chi connectivity index (χ4n) is 8.74. The number of hydrogen-bond acceptors (Lipinski definition) is 3. The van der Waals surface area contributed by atoms with E-state index in [4.69, 9.17) is 9.98 Å². The highest BCUT2D eigenvalue weighted by molar-refractivity contribution is 8.15. The molecule has 1 aliphatic carbocycles. The molecule has 2 heterocycles. The minimum Gasteiger partial charge on any atom is -0.270 e. The molecular weight excluding hydrogens is 673 g/mol. The normalized spacial score (nSPS) is 16.3. The summed E-state index contributed by atoms with van der Waals surface area (Å²) in [6, 6.07) is 58.6. The first kappa shape index (κ1) is 32.8. The molecule has 10 rings (SSSR count). The van der Waals surface area contributed by atoms with Crippen LogP contribution in [0.5, 0.6) is 0 Å². The van der Waals surface area contributed by atoms with Crippen LogP contribution in [0.15, 0.2) is 175 Å². The van der Waals surface area contributed by atoms with Gasteiger partial charge in [0.2, 0.25) is 0 Å². The molecule has 8 aromatic rings. The Hall–Kier alpha value is -5.77. The van der Waals surface area contributed by atoms with Crippen molar-refractivity contribution in [3.8, 4) is 33.4 Å². The smallest absolute Gasteiger partial charge is 0.101 e. The number of pyridine rings is 1. The van der Waals surface area contributed by atoms with E-state index in [9.17, 15) is 0 Å². The zero-order valence-corrected chi connectivity index (χ0v) is 31.8. The van der Waals surface area contributed by atoms with Crippen molar-refractivity contribution >= 4 is 38.4 Å². The predicted molar refractivity (Wildman–Crippen MR) is 230 cm³/mol. The van der Waals surface area contributed by atoms with Gasteiger partial charge in [0, 0.05) is 28.3 Å². The van der Waals surface area contributed by atoms with E-state index in [-0.39, 0.29) is 10.3 Å². The quantitative estimate of drug-likeness (QED) is 0.177. The van der Waals surface area contributed by atoms with Crippen LogP contribution in [0.25, 0.3) is 54.9 Å². The maximum atomic E-state index is 5.22. The average molecular weight is 713 g/mol. The van der Waals surface area contributed by atoms with E-state index in [1.54, 1.807) is 0 Å². The molecule has 0 atom stereocenters. The first-order valence-corrected chi connectivity index (χ1v) is 19.6. The van der Waals surface area contributed by atoms with E-state index in [0.29, 0.717) is 0 Å². The Morgan fingerprint density at radius 2 is 1.07 bits per heavy atom. The molecule has 2 aliphatic rings. The van der Waals surface area contributed by atoms with Gasteiger partial charge >= 0.3 is 0 Å². The third kappa shape index (κ3) is 4.88. The minimum absolute atomic E-state index is 0.0128. The summed E-state index contributed by atoms with van der Waals surface area (Å²) in [6.45, 7) is 9.03. The Kier molecular flexibility index (Phi) is 7.38. The number of rotatable bonds is 5. The highest BCUT2D eigenvalue weighted by Gasteiger charge is 2.48. The van der Waals surface area contributed by atoms with Gasteiger partial charge in [-0.3, -0.25) is 9.98 Å². The van der Waals surface area contributed by atoms with Gasteiger partial charge in [0.15, 0.2) is 0 Å². The average Bonchev–Trinajstić information content (AvgIpc) is 3.63. The van der Waals surface area contributed by atoms with Crippen LogP contribution >= 0.6 is 11.8 Å². The summed E-state index contributed by atoms with van der Waals surface area (Å²) in [5, 5.41) is 6.02. The molecule has 2 nitrogen and oxygen atoms in total. The van der Waals surface area contributed by atoms with Crippen molar-refractivity contribution in [1.29, 1.82) is 0 Å². The zero-order chi connectivity index (χ0) is 36.7. The summed E-state index contributed by atoms with van der Waals surface area (Å²) in [5.41, 5.74) is 12.7. The molecule has 0 N–H and O–H groups in total. The third-order valence-electron chi connectivity index (χ3n) is 12.1. The summed E-state index contributed by atoms with van der Waals surface area (Å²) < 4.78 is -0.0128. The first-order valence-electron chi connectivity index (χ1n) is 18.8. The number of nitrogens with zero attached hydrogens (tertiary/aromatic N) is 2. The lowest BCUT2D eigenvalue weighted by Gasteiger charge is -2.34. The molecule has 7 aromatic carbocycles. The van der Waals surface area contributed by atoms with Crippen molar-refractivity contribution in [3.63, 3.8) is 0 Å². The highest BCUT2D eigenvalue weighted by atomic mass is 32.2. The lowest BCUT2D eigenvalue weighted by molar-refractivity contribution is 0.426. The van der Waals surface area contributed by atoms with Gasteiger partial charge in [-0.05, 0) is 124 Å². The standard InChI is InChI=1S/C51H40N2S/c1-49(2)50(3,4)54-48(53-49)38-28-37(31-52-32-38)44-30-46-47(42-22-14-13-21-41(42)44)43-26-25-36(35-24-23-33-15-11-12-16-34(33)27-35)29-45(43)51(46,39-17-7-5-8-18-39)40-19-9-6-10-20-40/h5-32H,1-4H3. The van der Waals surface area contributed by atoms with Crippen LogP contribution in [0.3, 0.4) is 0 Å². The van der Waals surface area contributed by atoms with Crippen molar-refractivity contribution < 1.29 is 0 Å². The van der Waals surface area contributed by atoms with E-state index in [0.717, 1.165) is 16.2 Å². The van der Waals surface area contributed by atoms with Gasteiger partial charge < -0.3 is 0 Å². The molecular formula is C51H40N2S. The van der Waals surface area contributed by atoms with Crippen molar-refractivity contribution in [3.05, 3.63) is 198 Å². The molecule has 1 aromatic heterocycles. The fourth-order valence-corrected chi connectivity index (χ4v) is 10.0. The fraction of sp³-hybridized carbons (Fsp3) is 0.137. The summed E-state index contributed by atoms with van der Waals surface area (Å²) >= 11 is 1.85. The second-order valence-corrected chi connectivity index (χ2v) is 17.4. The van der Waals surface area contributed by atoms with Crippen LogP contribution in [0.4, 0.5) is 0 Å². The molecule has 0 amide bonds. The molecule has 260 valence electrons. The molecule has 0 bridgehead atoms. The third-order valence-corrected chi connectivity index (χ3v) is 13.7. The Labute approximate surface area is 321 Å². The van der Waals surface area contributed by atoms with E-state index in [1.807, 2.05) is 24.2 Å². The van der Waals surface area contributed by atoms with Crippen LogP contribution in [0.1, 0.15) is 55.5 Å². The zero-order valence-electron chi connectivity index (χ0n) is 31.0. The highest BCUT2D eigenvalue weighted by Crippen LogP contribution is 2.59. The summed E-state index contributed by atoms with van der Waals surface area (Å²) in [7, 11) is 0. The van der Waals surface area contributed by atoms with Crippen molar-refractivity contribution in [2.75, 3.05) is 0 Å². The molecule has 0 saturated heterocycles. The lowest BCUT2D eigenvalue weighted by atomic mass is 9.67. The van der Waals surface area contributed by atoms with E-state index in [1.165, 1.54) is 71.6 Å². The number of thioether (sulfide) groups is 1. The molecule has 54 heavy (non-hydrogen) atoms. The summed E-state index contributed by atoms with van der Waals surface area (Å²) in [4.78, 5) is 10.1. The predicted octanol–water partition coefficient (Wildman–Crippen LogP) is 13.1. The largest absolute Gasteiger partial charge is 0.270 e. The molecule has 0 saturated carbocycles. The van der Waals surface area contributed by atoms with Crippen molar-refractivity contribution in [2.24, 2.45) is 4.99 Å². The maximum Gasteiger partial charge on any atom is 0.101 e. The Balaban J connectivity index is 1.27. The van der Waals surface area contributed by atoms with Crippen LogP contribution < -0.4 is 0 Å². The van der Waals surface area contributed by atoms with Gasteiger partial charge in [0.1, 0.15) is 5.04 Å². The van der Waals surface area contributed by atoms with E-state index < -0.39 is 5.41 Å². The minimum atomic E-state index is -0.566. The molecule has 1 aliphatic heterocycles. The van der Waals surface area contributed by atoms with Crippen LogP contribution in [0.2, 0.25) is 0 Å². The second kappa shape index (κ2) is 12.1.